The number of ether oxygens (including phenoxy) is 4. The lowest BCUT2D eigenvalue weighted by molar-refractivity contribution is -0.121. The molecule has 0 fully saturated rings. The van der Waals surface area contributed by atoms with E-state index in [9.17, 15) is 24.3 Å². The van der Waals surface area contributed by atoms with Gasteiger partial charge in [0.1, 0.15) is 12.7 Å². The number of ketones is 2. The molecule has 1 aliphatic heterocycles. The normalized spacial score (nSPS) is 30.3. The number of carbonyl (C=O) groups excluding carboxylic acids is 4. The van der Waals surface area contributed by atoms with Gasteiger partial charge >= 0.3 is 6.09 Å². The van der Waals surface area contributed by atoms with Crippen molar-refractivity contribution in [1.29, 1.82) is 0 Å². The molecule has 45 heavy (non-hydrogen) atoms. The Bertz CT molecular complexity index is 1240. The van der Waals surface area contributed by atoms with E-state index in [4.69, 9.17) is 24.7 Å². The number of likely N-dealkylation sites (N-methyl/N-ethyl adjacent to an activating group) is 1. The van der Waals surface area contributed by atoms with E-state index in [1.54, 1.807) is 39.0 Å². The van der Waals surface area contributed by atoms with Gasteiger partial charge in [0, 0.05) is 43.9 Å². The molecule has 2 amide bonds. The number of nitrogens with two attached hydrogens (primary N) is 1. The van der Waals surface area contributed by atoms with Crippen LogP contribution >= 0.6 is 12.4 Å². The van der Waals surface area contributed by atoms with Crippen molar-refractivity contribution >= 4 is 36.0 Å². The van der Waals surface area contributed by atoms with E-state index >= 15 is 0 Å². The lowest BCUT2D eigenvalue weighted by Crippen LogP contribution is -2.37. The fraction of sp³-hybridized carbons (Fsp3) is 0.562. The van der Waals surface area contributed by atoms with Crippen molar-refractivity contribution in [2.24, 2.45) is 17.6 Å². The van der Waals surface area contributed by atoms with E-state index in [1.807, 2.05) is 25.9 Å². The summed E-state index contributed by atoms with van der Waals surface area (Å²) >= 11 is 0. The fourth-order valence-electron chi connectivity index (χ4n) is 5.05. The third-order valence-electron chi connectivity index (χ3n) is 7.53. The van der Waals surface area contributed by atoms with Gasteiger partial charge < -0.3 is 40.0 Å². The zero-order chi connectivity index (χ0) is 33.1. The summed E-state index contributed by atoms with van der Waals surface area (Å²) in [6.07, 6.45) is 3.63. The Kier molecular flexibility index (Phi) is 16.4. The first-order valence-electron chi connectivity index (χ1n) is 14.6. The van der Waals surface area contributed by atoms with E-state index in [0.717, 1.165) is 6.08 Å². The minimum absolute atomic E-state index is 0. The second-order valence-corrected chi connectivity index (χ2v) is 11.5. The SMILES string of the molecule is COC1/C=C\C=C(/C)C(=O)NC2=CC(=O)C(OCCN(C)C)=C(C[C@@H](C)C[C@H](OC)[C@H](O)[C@@H](C)/C=C(\C)[C@@H]1OC(N)=O)C2=O.Cl. The van der Waals surface area contributed by atoms with Crippen LogP contribution in [0, 0.1) is 11.8 Å². The van der Waals surface area contributed by atoms with Gasteiger partial charge in [-0.25, -0.2) is 4.79 Å². The summed E-state index contributed by atoms with van der Waals surface area (Å²) in [6, 6.07) is 0. The predicted octanol–water partition coefficient (Wildman–Crippen LogP) is 2.76. The Morgan fingerprint density at radius 1 is 1.13 bits per heavy atom. The lowest BCUT2D eigenvalue weighted by atomic mass is 9.85. The number of fused-ring (bicyclic) bond motifs is 2. The van der Waals surface area contributed by atoms with Gasteiger partial charge in [0.15, 0.2) is 11.9 Å². The van der Waals surface area contributed by atoms with Gasteiger partial charge in [0.25, 0.3) is 5.91 Å². The number of nitrogens with zero attached hydrogens (tertiary/aromatic N) is 1. The van der Waals surface area contributed by atoms with Crippen LogP contribution < -0.4 is 11.1 Å². The third-order valence-corrected chi connectivity index (χ3v) is 7.53. The Balaban J connectivity index is 0.0000101. The average molecular weight is 654 g/mol. The van der Waals surface area contributed by atoms with Crippen molar-refractivity contribution in [3.05, 3.63) is 58.6 Å². The van der Waals surface area contributed by atoms with E-state index in [2.05, 4.69) is 5.32 Å². The first kappa shape index (κ1) is 39.7. The summed E-state index contributed by atoms with van der Waals surface area (Å²) in [5, 5.41) is 13.8. The number of primary amides is 1. The molecule has 0 aromatic rings. The maximum atomic E-state index is 13.7. The average Bonchev–Trinajstić information content (AvgIpc) is 2.95. The number of hydrogen-bond donors (Lipinski definition) is 3. The second-order valence-electron chi connectivity index (χ2n) is 11.5. The number of amides is 2. The Labute approximate surface area is 271 Å². The second kappa shape index (κ2) is 18.6. The highest BCUT2D eigenvalue weighted by Crippen LogP contribution is 2.29. The monoisotopic (exact) mass is 653 g/mol. The standard InChI is InChI=1S/C32H47N3O9.ClH/c1-18-14-22-28(38)23(17-24(36)30(22)43-13-12-35(5)6)34-31(39)19(2)10-9-11-25(41-7)29(44-32(33)40)21(4)16-20(3)27(37)26(15-18)42-8;/h9-11,16-18,20,25-27,29,37H,12-15H2,1-8H3,(H2,33,40)(H,34,39);1H/b11-9-,19-10+,21-16+;/t18-,20+,25?,26+,27-,29+;/m1./s1. The van der Waals surface area contributed by atoms with E-state index in [0.29, 0.717) is 18.5 Å². The summed E-state index contributed by atoms with van der Waals surface area (Å²) in [5.74, 6) is -2.35. The molecule has 0 aromatic heterocycles. The van der Waals surface area contributed by atoms with Crippen LogP contribution in [0.3, 0.4) is 0 Å². The van der Waals surface area contributed by atoms with Gasteiger partial charge in [-0.3, -0.25) is 14.4 Å². The predicted molar refractivity (Wildman–Crippen MR) is 171 cm³/mol. The highest BCUT2D eigenvalue weighted by Gasteiger charge is 2.34. The van der Waals surface area contributed by atoms with Crippen molar-refractivity contribution in [3.8, 4) is 0 Å². The molecule has 13 heteroatoms. The summed E-state index contributed by atoms with van der Waals surface area (Å²) in [5.41, 5.74) is 6.17. The van der Waals surface area contributed by atoms with E-state index < -0.39 is 53.9 Å². The van der Waals surface area contributed by atoms with Gasteiger partial charge in [0.05, 0.1) is 17.9 Å². The molecule has 0 aromatic carbocycles. The molecular weight excluding hydrogens is 606 g/mol. The van der Waals surface area contributed by atoms with Crippen molar-refractivity contribution in [1.82, 2.24) is 10.2 Å². The van der Waals surface area contributed by atoms with E-state index in [1.165, 1.54) is 20.3 Å². The molecule has 2 aliphatic rings. The van der Waals surface area contributed by atoms with Gasteiger partial charge in [-0.2, -0.15) is 0 Å². The number of rotatable bonds is 7. The number of nitrogens with one attached hydrogen (secondary N) is 1. The van der Waals surface area contributed by atoms with E-state index in [-0.39, 0.29) is 54.0 Å². The maximum Gasteiger partial charge on any atom is 0.405 e. The Morgan fingerprint density at radius 2 is 1.80 bits per heavy atom. The van der Waals surface area contributed by atoms with Crippen LogP contribution in [0.5, 0.6) is 0 Å². The molecule has 0 radical (unpaired) electrons. The fourth-order valence-corrected chi connectivity index (χ4v) is 5.05. The molecule has 1 unspecified atom stereocenters. The largest absolute Gasteiger partial charge is 0.488 e. The number of methoxy groups -OCH3 is 2. The van der Waals surface area contributed by atoms with Crippen molar-refractivity contribution < 1.29 is 43.2 Å². The molecule has 6 atom stereocenters. The third kappa shape index (κ3) is 11.5. The molecule has 1 heterocycles. The first-order chi connectivity index (χ1) is 20.7. The Morgan fingerprint density at radius 3 is 2.38 bits per heavy atom. The number of hydrogen-bond acceptors (Lipinski definition) is 10. The number of halogens is 1. The van der Waals surface area contributed by atoms with Gasteiger partial charge in [-0.15, -0.1) is 12.4 Å². The van der Waals surface area contributed by atoms with Crippen LogP contribution in [0.25, 0.3) is 0 Å². The van der Waals surface area contributed by atoms with Crippen molar-refractivity contribution in [2.75, 3.05) is 41.5 Å². The summed E-state index contributed by atoms with van der Waals surface area (Å²) in [7, 11) is 6.64. The number of aliphatic hydroxyl groups excluding tert-OH is 1. The van der Waals surface area contributed by atoms with Gasteiger partial charge in [-0.1, -0.05) is 38.2 Å². The molecular formula is C32H48ClN3O9. The zero-order valence-corrected chi connectivity index (χ0v) is 28.1. The zero-order valence-electron chi connectivity index (χ0n) is 27.3. The highest BCUT2D eigenvalue weighted by molar-refractivity contribution is 6.23. The van der Waals surface area contributed by atoms with Crippen LogP contribution in [0.4, 0.5) is 4.79 Å². The first-order valence-corrected chi connectivity index (χ1v) is 14.6. The topological polar surface area (TPSA) is 167 Å². The maximum absolute atomic E-state index is 13.7. The smallest absolute Gasteiger partial charge is 0.405 e. The minimum Gasteiger partial charge on any atom is -0.488 e. The quantitative estimate of drug-likeness (QED) is 0.275. The summed E-state index contributed by atoms with van der Waals surface area (Å²) < 4.78 is 22.4. The minimum atomic E-state index is -1.00. The molecule has 252 valence electrons. The highest BCUT2D eigenvalue weighted by atomic mass is 35.5. The summed E-state index contributed by atoms with van der Waals surface area (Å²) in [6.45, 7) is 7.68. The molecule has 0 saturated carbocycles. The van der Waals surface area contributed by atoms with Gasteiger partial charge in [0.2, 0.25) is 11.6 Å². The van der Waals surface area contributed by atoms with Crippen LogP contribution in [-0.2, 0) is 33.3 Å². The molecule has 0 saturated heterocycles. The molecule has 1 aliphatic carbocycles. The molecule has 4 N–H and O–H groups in total. The summed E-state index contributed by atoms with van der Waals surface area (Å²) in [4.78, 5) is 53.5. The molecule has 0 spiro atoms. The van der Waals surface area contributed by atoms with Crippen LogP contribution in [-0.4, -0.2) is 99.5 Å². The molecule has 12 nitrogen and oxygen atoms in total. The van der Waals surface area contributed by atoms with Crippen molar-refractivity contribution in [2.45, 2.75) is 65.0 Å². The number of allylic oxidation sites excluding steroid dienone is 4. The molecule has 2 rings (SSSR count). The van der Waals surface area contributed by atoms with Crippen LogP contribution in [0.1, 0.15) is 40.5 Å². The lowest BCUT2D eigenvalue weighted by Gasteiger charge is -2.30. The van der Waals surface area contributed by atoms with Crippen molar-refractivity contribution in [3.63, 3.8) is 0 Å². The Hall–Kier alpha value is -3.29. The van der Waals surface area contributed by atoms with Gasteiger partial charge in [-0.05, 0) is 52.3 Å². The molecule has 2 bridgehead atoms. The number of aliphatic hydroxyl groups is 1. The number of carbonyl (C=O) groups is 4. The van der Waals surface area contributed by atoms with Crippen LogP contribution in [0.15, 0.2) is 58.6 Å². The van der Waals surface area contributed by atoms with Crippen LogP contribution in [0.2, 0.25) is 0 Å². The number of Topliss-reactive ketones (excluding diaryl/α,β-unsaturated/α-hetero) is 1.